The molecule has 0 bridgehead atoms. The molecule has 0 aromatic rings. The summed E-state index contributed by atoms with van der Waals surface area (Å²) in [4.78, 5) is 13.9. The van der Waals surface area contributed by atoms with Crippen LogP contribution in [-0.2, 0) is 4.79 Å². The fourth-order valence-electron chi connectivity index (χ4n) is 2.28. The van der Waals surface area contributed by atoms with Crippen LogP contribution in [0.5, 0.6) is 0 Å². The molecule has 1 atom stereocenters. The van der Waals surface area contributed by atoms with Crippen molar-refractivity contribution in [2.45, 2.75) is 45.6 Å². The molecule has 15 heavy (non-hydrogen) atoms. The minimum Gasteiger partial charge on any atom is -0.344 e. The minimum atomic E-state index is 0.219. The molecule has 0 saturated carbocycles. The van der Waals surface area contributed by atoms with Crippen LogP contribution in [0.3, 0.4) is 0 Å². The first-order chi connectivity index (χ1) is 7.19. The Hall–Kier alpha value is -0.570. The second kappa shape index (κ2) is 6.11. The lowest BCUT2D eigenvalue weighted by Gasteiger charge is -2.25. The summed E-state index contributed by atoms with van der Waals surface area (Å²) >= 11 is 0. The minimum absolute atomic E-state index is 0.219. The summed E-state index contributed by atoms with van der Waals surface area (Å²) in [6, 6.07) is 0.522. The van der Waals surface area contributed by atoms with E-state index in [4.69, 9.17) is 0 Å². The van der Waals surface area contributed by atoms with Crippen LogP contribution in [0.2, 0.25) is 0 Å². The topological polar surface area (TPSA) is 32.3 Å². The first kappa shape index (κ1) is 12.5. The van der Waals surface area contributed by atoms with Gasteiger partial charge in [0.05, 0.1) is 0 Å². The van der Waals surface area contributed by atoms with Crippen LogP contribution in [0, 0.1) is 5.92 Å². The Labute approximate surface area is 93.2 Å². The predicted molar refractivity (Wildman–Crippen MR) is 62.7 cm³/mol. The molecule has 1 N–H and O–H groups in total. The highest BCUT2D eigenvalue weighted by molar-refractivity contribution is 5.78. The van der Waals surface area contributed by atoms with Crippen molar-refractivity contribution in [2.24, 2.45) is 5.92 Å². The van der Waals surface area contributed by atoms with Gasteiger partial charge in [-0.1, -0.05) is 13.8 Å². The molecular weight excluding hydrogens is 188 g/mol. The van der Waals surface area contributed by atoms with Crippen molar-refractivity contribution in [1.82, 2.24) is 10.2 Å². The lowest BCUT2D eigenvalue weighted by molar-refractivity contribution is -0.134. The number of hydrogen-bond acceptors (Lipinski definition) is 2. The summed E-state index contributed by atoms with van der Waals surface area (Å²) in [5.74, 6) is 0.533. The van der Waals surface area contributed by atoms with E-state index in [-0.39, 0.29) is 5.92 Å². The molecule has 0 aliphatic carbocycles. The van der Waals surface area contributed by atoms with Gasteiger partial charge in [0.1, 0.15) is 0 Å². The molecule has 3 heteroatoms. The largest absolute Gasteiger partial charge is 0.344 e. The van der Waals surface area contributed by atoms with Crippen LogP contribution in [0.1, 0.15) is 39.5 Å². The molecular formula is C12H24N2O. The molecule has 1 heterocycles. The Bertz CT molecular complexity index is 196. The third kappa shape index (κ3) is 3.49. The fourth-order valence-corrected chi connectivity index (χ4v) is 2.28. The second-order valence-electron chi connectivity index (χ2n) is 4.53. The second-order valence-corrected chi connectivity index (χ2v) is 4.53. The van der Waals surface area contributed by atoms with Gasteiger partial charge in [-0.25, -0.2) is 0 Å². The zero-order valence-corrected chi connectivity index (χ0v) is 10.3. The number of nitrogens with one attached hydrogen (secondary N) is 1. The molecule has 0 spiro atoms. The molecule has 1 amide bonds. The van der Waals surface area contributed by atoms with Crippen LogP contribution in [0.4, 0.5) is 0 Å². The molecule has 1 rings (SSSR count). The van der Waals surface area contributed by atoms with E-state index in [1.54, 1.807) is 0 Å². The van der Waals surface area contributed by atoms with Gasteiger partial charge < -0.3 is 10.2 Å². The number of hydrogen-bond donors (Lipinski definition) is 1. The van der Waals surface area contributed by atoms with Gasteiger partial charge in [-0.2, -0.15) is 0 Å². The van der Waals surface area contributed by atoms with Crippen LogP contribution < -0.4 is 5.32 Å². The van der Waals surface area contributed by atoms with Crippen LogP contribution in [0.15, 0.2) is 0 Å². The highest BCUT2D eigenvalue weighted by Crippen LogP contribution is 2.13. The lowest BCUT2D eigenvalue weighted by atomic mass is 10.0. The molecule has 1 aliphatic heterocycles. The summed E-state index contributed by atoms with van der Waals surface area (Å²) in [7, 11) is 1.93. The molecule has 0 radical (unpaired) electrons. The summed E-state index contributed by atoms with van der Waals surface area (Å²) in [5, 5.41) is 3.42. The Morgan fingerprint density at radius 2 is 2.13 bits per heavy atom. The Balaban J connectivity index is 2.37. The van der Waals surface area contributed by atoms with E-state index in [2.05, 4.69) is 19.2 Å². The zero-order chi connectivity index (χ0) is 11.3. The van der Waals surface area contributed by atoms with Gasteiger partial charge >= 0.3 is 0 Å². The highest BCUT2D eigenvalue weighted by Gasteiger charge is 2.22. The number of likely N-dealkylation sites (N-methyl/N-ethyl adjacent to an activating group) is 1. The van der Waals surface area contributed by atoms with E-state index < -0.39 is 0 Å². The number of carbonyl (C=O) groups excluding carboxylic acids is 1. The Morgan fingerprint density at radius 1 is 1.47 bits per heavy atom. The van der Waals surface area contributed by atoms with Gasteiger partial charge in [0, 0.05) is 25.6 Å². The van der Waals surface area contributed by atoms with Crippen LogP contribution >= 0.6 is 0 Å². The molecule has 1 saturated heterocycles. The van der Waals surface area contributed by atoms with Crippen molar-refractivity contribution < 1.29 is 4.79 Å². The maximum Gasteiger partial charge on any atom is 0.225 e. The smallest absolute Gasteiger partial charge is 0.225 e. The lowest BCUT2D eigenvalue weighted by Crippen LogP contribution is -2.41. The first-order valence-corrected chi connectivity index (χ1v) is 6.17. The molecule has 3 nitrogen and oxygen atoms in total. The molecule has 88 valence electrons. The third-order valence-corrected chi connectivity index (χ3v) is 3.37. The summed E-state index contributed by atoms with van der Waals surface area (Å²) < 4.78 is 0. The van der Waals surface area contributed by atoms with E-state index in [1.807, 2.05) is 11.9 Å². The first-order valence-electron chi connectivity index (χ1n) is 6.17. The normalized spacial score (nSPS) is 20.9. The van der Waals surface area contributed by atoms with E-state index in [9.17, 15) is 4.79 Å². The third-order valence-electron chi connectivity index (χ3n) is 3.37. The van der Waals surface area contributed by atoms with E-state index >= 15 is 0 Å². The van der Waals surface area contributed by atoms with Gasteiger partial charge in [0.15, 0.2) is 0 Å². The SMILES string of the molecule is CCC(CC)C(=O)N(C)CC1CCCN1. The van der Waals surface area contributed by atoms with Crippen LogP contribution in [-0.4, -0.2) is 37.0 Å². The van der Waals surface area contributed by atoms with Crippen molar-refractivity contribution in [1.29, 1.82) is 0 Å². The molecule has 0 aromatic carbocycles. The predicted octanol–water partition coefficient (Wildman–Crippen LogP) is 1.63. The van der Waals surface area contributed by atoms with Crippen molar-refractivity contribution in [3.63, 3.8) is 0 Å². The molecule has 1 unspecified atom stereocenters. The average molecular weight is 212 g/mol. The highest BCUT2D eigenvalue weighted by atomic mass is 16.2. The average Bonchev–Trinajstić information content (AvgIpc) is 2.72. The Morgan fingerprint density at radius 3 is 2.60 bits per heavy atom. The van der Waals surface area contributed by atoms with Crippen molar-refractivity contribution in [3.05, 3.63) is 0 Å². The monoisotopic (exact) mass is 212 g/mol. The number of rotatable bonds is 5. The van der Waals surface area contributed by atoms with Gasteiger partial charge in [-0.05, 0) is 32.2 Å². The molecule has 0 aromatic heterocycles. The van der Waals surface area contributed by atoms with Gasteiger partial charge in [0.25, 0.3) is 0 Å². The van der Waals surface area contributed by atoms with Gasteiger partial charge in [0.2, 0.25) is 5.91 Å². The summed E-state index contributed by atoms with van der Waals surface area (Å²) in [6.07, 6.45) is 4.37. The van der Waals surface area contributed by atoms with E-state index in [0.29, 0.717) is 11.9 Å². The number of amides is 1. The van der Waals surface area contributed by atoms with Crippen molar-refractivity contribution in [3.8, 4) is 0 Å². The fraction of sp³-hybridized carbons (Fsp3) is 0.917. The quantitative estimate of drug-likeness (QED) is 0.751. The number of nitrogens with zero attached hydrogens (tertiary/aromatic N) is 1. The van der Waals surface area contributed by atoms with Crippen molar-refractivity contribution in [2.75, 3.05) is 20.1 Å². The molecule has 1 aliphatic rings. The van der Waals surface area contributed by atoms with Gasteiger partial charge in [-0.15, -0.1) is 0 Å². The maximum absolute atomic E-state index is 12.0. The summed E-state index contributed by atoms with van der Waals surface area (Å²) in [6.45, 7) is 6.16. The summed E-state index contributed by atoms with van der Waals surface area (Å²) in [5.41, 5.74) is 0. The van der Waals surface area contributed by atoms with E-state index in [1.165, 1.54) is 12.8 Å². The van der Waals surface area contributed by atoms with Crippen molar-refractivity contribution >= 4 is 5.91 Å². The van der Waals surface area contributed by atoms with E-state index in [0.717, 1.165) is 25.9 Å². The standard InChI is InChI=1S/C12H24N2O/c1-4-10(5-2)12(15)14(3)9-11-7-6-8-13-11/h10-11,13H,4-9H2,1-3H3. The molecule has 1 fully saturated rings. The number of carbonyl (C=O) groups is 1. The van der Waals surface area contributed by atoms with Gasteiger partial charge in [-0.3, -0.25) is 4.79 Å². The maximum atomic E-state index is 12.0. The Kier molecular flexibility index (Phi) is 5.09. The zero-order valence-electron chi connectivity index (χ0n) is 10.3. The van der Waals surface area contributed by atoms with Crippen LogP contribution in [0.25, 0.3) is 0 Å².